The van der Waals surface area contributed by atoms with Crippen LogP contribution in [0.5, 0.6) is 0 Å². The summed E-state index contributed by atoms with van der Waals surface area (Å²) in [5.74, 6) is 0.682. The fourth-order valence-corrected chi connectivity index (χ4v) is 7.56. The molecule has 54 heavy (non-hydrogen) atoms. The Hall–Kier alpha value is -1.34. The van der Waals surface area contributed by atoms with Crippen molar-refractivity contribution in [3.63, 3.8) is 0 Å². The van der Waals surface area contributed by atoms with Crippen LogP contribution in [0.4, 0.5) is 4.79 Å². The van der Waals surface area contributed by atoms with Gasteiger partial charge in [-0.1, -0.05) is 175 Å². The number of ether oxygens (including phenoxy) is 3. The van der Waals surface area contributed by atoms with Crippen LogP contribution in [0.1, 0.15) is 240 Å². The molecule has 2 N–H and O–H groups in total. The number of esters is 1. The summed E-state index contributed by atoms with van der Waals surface area (Å²) in [6.07, 6.45) is 38.6. The van der Waals surface area contributed by atoms with Gasteiger partial charge in [0.25, 0.3) is 0 Å². The van der Waals surface area contributed by atoms with Crippen molar-refractivity contribution in [3.8, 4) is 0 Å². The molecule has 0 aliphatic carbocycles. The lowest BCUT2D eigenvalue weighted by atomic mass is 9.92. The molecule has 0 aromatic carbocycles. The largest absolute Gasteiger partial charge is 0.508 e. The third kappa shape index (κ3) is 37.6. The second kappa shape index (κ2) is 42.8. The maximum atomic E-state index is 12.7. The Labute approximate surface area is 336 Å². The molecule has 0 spiro atoms. The number of unbranched alkanes of at least 4 members (excludes halogenated alkanes) is 21. The molecule has 0 bridgehead atoms. The molecule has 0 radical (unpaired) electrons. The van der Waals surface area contributed by atoms with Gasteiger partial charge in [-0.25, -0.2) is 4.79 Å². The van der Waals surface area contributed by atoms with Gasteiger partial charge in [-0.05, 0) is 76.8 Å². The fraction of sp³-hybridized carbons (Fsp3) is 0.957. The first-order valence-electron chi connectivity index (χ1n) is 23.9. The SMILES string of the molecule is CCCCCCCCC(CCCCCCCC)OC(=O)CCCCCCCN(CCN)CCCCCCOC(=O)OCCC(CCCCC)CCCCC. The minimum Gasteiger partial charge on any atom is -0.462 e. The van der Waals surface area contributed by atoms with E-state index in [1.54, 1.807) is 0 Å². The number of hydrogen-bond donors (Lipinski definition) is 1. The van der Waals surface area contributed by atoms with Crippen LogP contribution in [-0.4, -0.2) is 62.5 Å². The molecule has 7 nitrogen and oxygen atoms in total. The highest BCUT2D eigenvalue weighted by Gasteiger charge is 2.15. The average Bonchev–Trinajstić information content (AvgIpc) is 3.16. The molecule has 322 valence electrons. The number of carbonyl (C=O) groups excluding carboxylic acids is 2. The Morgan fingerprint density at radius 3 is 1.43 bits per heavy atom. The molecule has 0 rings (SSSR count). The third-order valence-corrected chi connectivity index (χ3v) is 11.1. The van der Waals surface area contributed by atoms with Crippen molar-refractivity contribution in [2.75, 3.05) is 39.4 Å². The van der Waals surface area contributed by atoms with Gasteiger partial charge in [0.2, 0.25) is 0 Å². The van der Waals surface area contributed by atoms with Crippen molar-refractivity contribution in [1.29, 1.82) is 0 Å². The highest BCUT2D eigenvalue weighted by molar-refractivity contribution is 5.69. The Morgan fingerprint density at radius 2 is 0.889 bits per heavy atom. The van der Waals surface area contributed by atoms with Crippen molar-refractivity contribution in [1.82, 2.24) is 4.90 Å². The van der Waals surface area contributed by atoms with Crippen LogP contribution < -0.4 is 5.73 Å². The summed E-state index contributed by atoms with van der Waals surface area (Å²) in [5.41, 5.74) is 5.92. The number of carbonyl (C=O) groups is 2. The lowest BCUT2D eigenvalue weighted by molar-refractivity contribution is -0.150. The molecular formula is C47H94N2O5. The van der Waals surface area contributed by atoms with Crippen LogP contribution in [0.15, 0.2) is 0 Å². The van der Waals surface area contributed by atoms with Crippen LogP contribution in [-0.2, 0) is 19.0 Å². The second-order valence-corrected chi connectivity index (χ2v) is 16.4. The molecule has 0 amide bonds. The van der Waals surface area contributed by atoms with E-state index < -0.39 is 6.16 Å². The fourth-order valence-electron chi connectivity index (χ4n) is 7.56. The molecule has 0 saturated heterocycles. The average molecular weight is 767 g/mol. The van der Waals surface area contributed by atoms with E-state index in [-0.39, 0.29) is 12.1 Å². The summed E-state index contributed by atoms with van der Waals surface area (Å²) >= 11 is 0. The highest BCUT2D eigenvalue weighted by atomic mass is 16.7. The number of rotatable bonds is 43. The molecule has 0 aromatic rings. The van der Waals surface area contributed by atoms with E-state index >= 15 is 0 Å². The zero-order valence-electron chi connectivity index (χ0n) is 36.8. The van der Waals surface area contributed by atoms with E-state index in [0.29, 0.717) is 32.1 Å². The predicted molar refractivity (Wildman–Crippen MR) is 231 cm³/mol. The van der Waals surface area contributed by atoms with Crippen molar-refractivity contribution in [2.45, 2.75) is 246 Å². The Bertz CT molecular complexity index is 755. The zero-order chi connectivity index (χ0) is 39.6. The van der Waals surface area contributed by atoms with Crippen molar-refractivity contribution in [3.05, 3.63) is 0 Å². The van der Waals surface area contributed by atoms with Crippen LogP contribution in [0.2, 0.25) is 0 Å². The van der Waals surface area contributed by atoms with Gasteiger partial charge in [-0.2, -0.15) is 0 Å². The van der Waals surface area contributed by atoms with Gasteiger partial charge < -0.3 is 24.8 Å². The van der Waals surface area contributed by atoms with Crippen LogP contribution in [0, 0.1) is 5.92 Å². The topological polar surface area (TPSA) is 91.1 Å². The van der Waals surface area contributed by atoms with E-state index in [2.05, 4.69) is 32.6 Å². The maximum absolute atomic E-state index is 12.7. The minimum atomic E-state index is -0.504. The Kier molecular flexibility index (Phi) is 41.7. The molecule has 7 heteroatoms. The quantitative estimate of drug-likeness (QED) is 0.0488. The number of hydrogen-bond acceptors (Lipinski definition) is 7. The highest BCUT2D eigenvalue weighted by Crippen LogP contribution is 2.22. The summed E-state index contributed by atoms with van der Waals surface area (Å²) in [4.78, 5) is 27.3. The summed E-state index contributed by atoms with van der Waals surface area (Å²) in [7, 11) is 0. The van der Waals surface area contributed by atoms with Gasteiger partial charge in [0.1, 0.15) is 6.10 Å². The van der Waals surface area contributed by atoms with E-state index in [4.69, 9.17) is 19.9 Å². The first-order chi connectivity index (χ1) is 26.5. The molecular weight excluding hydrogens is 673 g/mol. The molecule has 0 unspecified atom stereocenters. The Balaban J connectivity index is 4.06. The second-order valence-electron chi connectivity index (χ2n) is 16.4. The normalized spacial score (nSPS) is 11.6. The molecule has 0 aliphatic rings. The van der Waals surface area contributed by atoms with Gasteiger partial charge in [0, 0.05) is 19.5 Å². The minimum absolute atomic E-state index is 0.0206. The molecule has 0 atom stereocenters. The molecule has 0 saturated carbocycles. The van der Waals surface area contributed by atoms with Gasteiger partial charge in [-0.3, -0.25) is 4.79 Å². The van der Waals surface area contributed by atoms with E-state index in [0.717, 1.165) is 77.4 Å². The maximum Gasteiger partial charge on any atom is 0.508 e. The summed E-state index contributed by atoms with van der Waals surface area (Å²) in [6, 6.07) is 0. The van der Waals surface area contributed by atoms with Crippen LogP contribution >= 0.6 is 0 Å². The van der Waals surface area contributed by atoms with Crippen LogP contribution in [0.25, 0.3) is 0 Å². The monoisotopic (exact) mass is 767 g/mol. The van der Waals surface area contributed by atoms with Gasteiger partial charge in [0.05, 0.1) is 13.2 Å². The first kappa shape index (κ1) is 52.7. The van der Waals surface area contributed by atoms with Gasteiger partial charge in [0.15, 0.2) is 0 Å². The standard InChI is InChI=1S/C47H94N2O5/c1-5-9-13-15-18-26-34-45(35-27-19-16-14-10-6-2)54-46(50)36-28-20-17-21-29-39-49(41-38-48)40-30-22-23-31-42-52-47(51)53-43-37-44(32-24-11-7-3)33-25-12-8-4/h44-45H,5-43,48H2,1-4H3. The smallest absolute Gasteiger partial charge is 0.462 e. The summed E-state index contributed by atoms with van der Waals surface area (Å²) < 4.78 is 16.8. The van der Waals surface area contributed by atoms with E-state index in [9.17, 15) is 9.59 Å². The lowest BCUT2D eigenvalue weighted by Crippen LogP contribution is -2.31. The number of nitrogens with two attached hydrogens (primary N) is 1. The first-order valence-corrected chi connectivity index (χ1v) is 23.9. The lowest BCUT2D eigenvalue weighted by Gasteiger charge is -2.21. The van der Waals surface area contributed by atoms with Crippen molar-refractivity contribution >= 4 is 12.1 Å². The summed E-state index contributed by atoms with van der Waals surface area (Å²) in [6.45, 7) is 13.7. The van der Waals surface area contributed by atoms with Crippen molar-refractivity contribution < 1.29 is 23.8 Å². The molecule has 0 fully saturated rings. The molecule has 0 aliphatic heterocycles. The van der Waals surface area contributed by atoms with Gasteiger partial charge in [-0.15, -0.1) is 0 Å². The zero-order valence-corrected chi connectivity index (χ0v) is 36.8. The van der Waals surface area contributed by atoms with Gasteiger partial charge >= 0.3 is 12.1 Å². The van der Waals surface area contributed by atoms with Crippen molar-refractivity contribution in [2.24, 2.45) is 11.7 Å². The molecule has 0 aromatic heterocycles. The predicted octanol–water partition coefficient (Wildman–Crippen LogP) is 13.9. The van der Waals surface area contributed by atoms with E-state index in [1.807, 2.05) is 0 Å². The van der Waals surface area contributed by atoms with Crippen LogP contribution in [0.3, 0.4) is 0 Å². The Morgan fingerprint density at radius 1 is 0.463 bits per heavy atom. The third-order valence-electron chi connectivity index (χ3n) is 11.1. The molecule has 0 heterocycles. The summed E-state index contributed by atoms with van der Waals surface area (Å²) in [5, 5.41) is 0. The van der Waals surface area contributed by atoms with E-state index in [1.165, 1.54) is 148 Å². The number of nitrogens with zero attached hydrogens (tertiary/aromatic N) is 1.